The second kappa shape index (κ2) is 14.9. The van der Waals surface area contributed by atoms with Crippen molar-refractivity contribution >= 4 is 40.7 Å². The van der Waals surface area contributed by atoms with E-state index in [2.05, 4.69) is 0 Å². The van der Waals surface area contributed by atoms with E-state index in [-0.39, 0.29) is 42.5 Å². The van der Waals surface area contributed by atoms with Crippen LogP contribution in [0.4, 0.5) is 4.79 Å². The lowest BCUT2D eigenvalue weighted by atomic mass is 9.90. The van der Waals surface area contributed by atoms with Crippen LogP contribution in [0.1, 0.15) is 42.5 Å². The van der Waals surface area contributed by atoms with Crippen molar-refractivity contribution in [1.29, 1.82) is 0 Å². The Morgan fingerprint density at radius 2 is 1.64 bits per heavy atom. The number of Topliss-reactive ketones (excluding diaryl/α,β-unsaturated/α-hetero) is 1. The van der Waals surface area contributed by atoms with Crippen LogP contribution < -0.4 is 10.5 Å². The average molecular weight is 635 g/mol. The third-order valence-corrected chi connectivity index (χ3v) is 8.52. The molecule has 3 N–H and O–H groups in total. The molecule has 1 heterocycles. The van der Waals surface area contributed by atoms with Crippen molar-refractivity contribution in [3.8, 4) is 11.5 Å². The third kappa shape index (κ3) is 7.52. The van der Waals surface area contributed by atoms with Crippen LogP contribution in [0.15, 0.2) is 78.9 Å². The number of hydrogen-bond donors (Lipinski definition) is 2. The number of esters is 1. The molecule has 11 nitrogen and oxygen atoms in total. The van der Waals surface area contributed by atoms with Gasteiger partial charge in [-0.25, -0.2) is 9.59 Å². The Hall–Kier alpha value is -4.68. The highest BCUT2D eigenvalue weighted by Gasteiger charge is 2.60. The number of hydrogen-bond acceptors (Lipinski definition) is 11. The summed E-state index contributed by atoms with van der Waals surface area (Å²) in [5, 5.41) is 9.24. The fourth-order valence-electron chi connectivity index (χ4n) is 5.48. The van der Waals surface area contributed by atoms with Crippen LogP contribution in [0.2, 0.25) is 0 Å². The number of nitrogens with zero attached hydrogens (tertiary/aromatic N) is 1. The average Bonchev–Trinajstić information content (AvgIpc) is 3.45. The molecule has 1 fully saturated rings. The molecule has 0 radical (unpaired) electrons. The first-order valence-corrected chi connectivity index (χ1v) is 15.1. The predicted octanol–water partition coefficient (Wildman–Crippen LogP) is 4.10. The SMILES string of the molecule is COC(=O)[C@]1(C(=O)CN)CCC(c2ccccc2O)N1C(=O)C(Cc1ccc(OC(=O)OCc2ccccc2)cc1)SC(C)=O. The molecule has 1 saturated heterocycles. The quantitative estimate of drug-likeness (QED) is 0.177. The van der Waals surface area contributed by atoms with E-state index < -0.39 is 47.2 Å². The van der Waals surface area contributed by atoms with Crippen LogP contribution in [-0.4, -0.2) is 63.4 Å². The first-order valence-electron chi connectivity index (χ1n) is 14.2. The number of rotatable bonds is 11. The normalized spacial score (nSPS) is 18.1. The van der Waals surface area contributed by atoms with Gasteiger partial charge in [-0.2, -0.15) is 0 Å². The monoisotopic (exact) mass is 634 g/mol. The molecule has 3 aromatic carbocycles. The lowest BCUT2D eigenvalue weighted by Crippen LogP contribution is -2.62. The summed E-state index contributed by atoms with van der Waals surface area (Å²) in [5.41, 5.74) is 5.45. The molecule has 0 aromatic heterocycles. The second-order valence-corrected chi connectivity index (χ2v) is 11.8. The third-order valence-electron chi connectivity index (χ3n) is 7.53. The molecule has 45 heavy (non-hydrogen) atoms. The number of phenolic OH excluding ortho intramolecular Hbond substituents is 1. The first kappa shape index (κ1) is 33.2. The first-order chi connectivity index (χ1) is 21.6. The van der Waals surface area contributed by atoms with E-state index in [1.807, 2.05) is 30.3 Å². The number of amides is 1. The van der Waals surface area contributed by atoms with E-state index >= 15 is 0 Å². The Balaban J connectivity index is 1.60. The molecular weight excluding hydrogens is 600 g/mol. The van der Waals surface area contributed by atoms with Crippen LogP contribution in [0.3, 0.4) is 0 Å². The zero-order valence-corrected chi connectivity index (χ0v) is 25.7. The summed E-state index contributed by atoms with van der Waals surface area (Å²) < 4.78 is 15.4. The largest absolute Gasteiger partial charge is 0.514 e. The van der Waals surface area contributed by atoms with Gasteiger partial charge in [-0.3, -0.25) is 14.4 Å². The number of ketones is 1. The van der Waals surface area contributed by atoms with Gasteiger partial charge in [0.25, 0.3) is 0 Å². The number of phenols is 1. The number of benzene rings is 3. The van der Waals surface area contributed by atoms with E-state index in [0.717, 1.165) is 29.3 Å². The Morgan fingerprint density at radius 3 is 2.27 bits per heavy atom. The number of carbonyl (C=O) groups is 5. The second-order valence-electron chi connectivity index (χ2n) is 10.4. The number of carbonyl (C=O) groups excluding carboxylic acids is 5. The maximum absolute atomic E-state index is 14.4. The molecule has 0 aliphatic carbocycles. The van der Waals surface area contributed by atoms with Crippen LogP contribution in [0.25, 0.3) is 0 Å². The molecule has 236 valence electrons. The fourth-order valence-corrected chi connectivity index (χ4v) is 6.37. The van der Waals surface area contributed by atoms with Crippen LogP contribution in [0.5, 0.6) is 11.5 Å². The maximum atomic E-state index is 14.4. The van der Waals surface area contributed by atoms with Gasteiger partial charge in [0, 0.05) is 12.5 Å². The fraction of sp³-hybridized carbons (Fsp3) is 0.303. The van der Waals surface area contributed by atoms with Crippen LogP contribution in [-0.2, 0) is 41.7 Å². The van der Waals surface area contributed by atoms with Crippen molar-refractivity contribution in [3.63, 3.8) is 0 Å². The number of methoxy groups -OCH3 is 1. The van der Waals surface area contributed by atoms with Crippen LogP contribution >= 0.6 is 11.8 Å². The Morgan fingerprint density at radius 1 is 0.978 bits per heavy atom. The van der Waals surface area contributed by atoms with Gasteiger partial charge in [0.2, 0.25) is 11.4 Å². The number of ether oxygens (including phenoxy) is 3. The summed E-state index contributed by atoms with van der Waals surface area (Å²) in [5.74, 6) is -2.24. The molecular formula is C33H34N2O9S. The highest BCUT2D eigenvalue weighted by molar-refractivity contribution is 8.14. The van der Waals surface area contributed by atoms with Crippen molar-refractivity contribution < 1.29 is 43.3 Å². The van der Waals surface area contributed by atoms with E-state index in [0.29, 0.717) is 11.1 Å². The Bertz CT molecular complexity index is 1530. The minimum absolute atomic E-state index is 0.0277. The van der Waals surface area contributed by atoms with Gasteiger partial charge in [0.15, 0.2) is 10.9 Å². The summed E-state index contributed by atoms with van der Waals surface area (Å²) in [6.07, 6.45) is -0.780. The molecule has 0 bridgehead atoms. The molecule has 12 heteroatoms. The van der Waals surface area contributed by atoms with Gasteiger partial charge in [-0.1, -0.05) is 72.4 Å². The standard InChI is InChI=1S/C33H34N2O9S/c1-21(36)45-28(18-22-12-14-24(15-13-22)44-32(41)43-20-23-8-4-3-5-9-23)30(39)35-26(25-10-6-7-11-27(25)37)16-17-33(35,29(38)19-34)31(40)42-2/h3-15,26,28,37H,16-20,34H2,1-2H3/t26?,28?,33-/m1/s1. The van der Waals surface area contributed by atoms with Gasteiger partial charge in [0.1, 0.15) is 18.1 Å². The van der Waals surface area contributed by atoms with E-state index in [1.54, 1.807) is 30.3 Å². The van der Waals surface area contributed by atoms with Crippen molar-refractivity contribution in [2.75, 3.05) is 13.7 Å². The lowest BCUT2D eigenvalue weighted by molar-refractivity contribution is -0.165. The molecule has 3 atom stereocenters. The summed E-state index contributed by atoms with van der Waals surface area (Å²) >= 11 is 0.757. The lowest BCUT2D eigenvalue weighted by Gasteiger charge is -2.39. The van der Waals surface area contributed by atoms with Gasteiger partial charge < -0.3 is 30.0 Å². The van der Waals surface area contributed by atoms with Crippen molar-refractivity contribution in [3.05, 3.63) is 95.6 Å². The number of thioether (sulfide) groups is 1. The zero-order chi connectivity index (χ0) is 32.6. The van der Waals surface area contributed by atoms with Gasteiger partial charge >= 0.3 is 12.1 Å². The molecule has 3 aromatic rings. The van der Waals surface area contributed by atoms with Gasteiger partial charge in [0.05, 0.1) is 24.9 Å². The molecule has 0 saturated carbocycles. The Kier molecular flexibility index (Phi) is 11.0. The van der Waals surface area contributed by atoms with Gasteiger partial charge in [-0.15, -0.1) is 0 Å². The van der Waals surface area contributed by atoms with Gasteiger partial charge in [-0.05, 0) is 48.6 Å². The van der Waals surface area contributed by atoms with Crippen molar-refractivity contribution in [1.82, 2.24) is 4.90 Å². The van der Waals surface area contributed by atoms with E-state index in [9.17, 15) is 29.1 Å². The number of aromatic hydroxyl groups is 1. The molecule has 1 aliphatic rings. The highest BCUT2D eigenvalue weighted by Crippen LogP contribution is 2.47. The molecule has 1 aliphatic heterocycles. The number of nitrogens with two attached hydrogens (primary N) is 1. The van der Waals surface area contributed by atoms with E-state index in [1.165, 1.54) is 25.1 Å². The van der Waals surface area contributed by atoms with Crippen molar-refractivity contribution in [2.45, 2.75) is 49.6 Å². The minimum atomic E-state index is -2.04. The summed E-state index contributed by atoms with van der Waals surface area (Å²) in [6.45, 7) is 0.819. The highest BCUT2D eigenvalue weighted by atomic mass is 32.2. The van der Waals surface area contributed by atoms with Crippen LogP contribution in [0, 0.1) is 0 Å². The summed E-state index contributed by atoms with van der Waals surface area (Å²) in [7, 11) is 1.12. The number of para-hydroxylation sites is 1. The number of likely N-dealkylation sites (tertiary alicyclic amines) is 1. The van der Waals surface area contributed by atoms with E-state index in [4.69, 9.17) is 19.9 Å². The smallest absolute Gasteiger partial charge is 0.508 e. The predicted molar refractivity (Wildman–Crippen MR) is 165 cm³/mol. The Labute approximate surface area is 264 Å². The molecule has 2 unspecified atom stereocenters. The molecule has 0 spiro atoms. The maximum Gasteiger partial charge on any atom is 0.514 e. The topological polar surface area (TPSA) is 163 Å². The minimum Gasteiger partial charge on any atom is -0.508 e. The molecule has 4 rings (SSSR count). The zero-order valence-electron chi connectivity index (χ0n) is 24.8. The molecule has 1 amide bonds. The summed E-state index contributed by atoms with van der Waals surface area (Å²) in [4.78, 5) is 66.7. The van der Waals surface area contributed by atoms with Crippen molar-refractivity contribution in [2.24, 2.45) is 5.73 Å². The summed E-state index contributed by atoms with van der Waals surface area (Å²) in [6, 6.07) is 20.9.